The molecule has 2 bridgehead atoms. The number of hydrogen-bond acceptors (Lipinski definition) is 4. The Morgan fingerprint density at radius 1 is 1.06 bits per heavy atom. The Bertz CT molecular complexity index is 1170. The second-order valence-corrected chi connectivity index (χ2v) is 10.2. The third-order valence-corrected chi connectivity index (χ3v) is 8.62. The lowest BCUT2D eigenvalue weighted by Crippen LogP contribution is -2.58. The van der Waals surface area contributed by atoms with E-state index in [0.29, 0.717) is 13.2 Å². The fourth-order valence-corrected chi connectivity index (χ4v) is 7.11. The van der Waals surface area contributed by atoms with Crippen molar-refractivity contribution in [3.05, 3.63) is 71.4 Å². The number of aromatic nitrogens is 1. The number of carbonyl (C=O) groups excluding carboxylic acids is 1. The van der Waals surface area contributed by atoms with Crippen LogP contribution in [0.4, 0.5) is 0 Å². The maximum absolute atomic E-state index is 12.2. The number of hydrogen-bond donors (Lipinski definition) is 0. The molecule has 2 fully saturated rings. The standard InChI is InChI=1S/C29H34N2O3/c1-3-20(18-32)22-15-26-28-23(21-11-7-8-12-24(21)30(28)2)16-25(27(22)29-33-13-14-34-29)31(26)17-19-9-5-4-6-10-19/h4-12,18,20,22,25-27,29H,3,13-17H2,1-2H3/t20-,22-,25-,26-,27-/m0/s1. The normalized spacial score (nSPS) is 28.2. The zero-order chi connectivity index (χ0) is 23.2. The maximum Gasteiger partial charge on any atom is 0.162 e. The number of nitrogens with zero attached hydrogens (tertiary/aromatic N) is 2. The van der Waals surface area contributed by atoms with Gasteiger partial charge in [-0.25, -0.2) is 0 Å². The van der Waals surface area contributed by atoms with Crippen molar-refractivity contribution in [2.45, 2.75) is 51.1 Å². The smallest absolute Gasteiger partial charge is 0.162 e. The molecule has 0 amide bonds. The lowest BCUT2D eigenvalue weighted by atomic mass is 9.65. The number of rotatable bonds is 6. The van der Waals surface area contributed by atoms with Crippen LogP contribution in [0.2, 0.25) is 0 Å². The van der Waals surface area contributed by atoms with Crippen molar-refractivity contribution in [2.24, 2.45) is 24.8 Å². The van der Waals surface area contributed by atoms with E-state index in [4.69, 9.17) is 9.47 Å². The van der Waals surface area contributed by atoms with E-state index in [1.807, 2.05) is 0 Å². The highest BCUT2D eigenvalue weighted by atomic mass is 16.7. The van der Waals surface area contributed by atoms with Crippen LogP contribution in [0.3, 0.4) is 0 Å². The maximum atomic E-state index is 12.2. The van der Waals surface area contributed by atoms with E-state index in [-0.39, 0.29) is 36.1 Å². The first-order valence-electron chi connectivity index (χ1n) is 12.8. The van der Waals surface area contributed by atoms with Gasteiger partial charge in [0, 0.05) is 48.1 Å². The summed E-state index contributed by atoms with van der Waals surface area (Å²) < 4.78 is 14.7. The molecule has 0 unspecified atom stereocenters. The van der Waals surface area contributed by atoms with Gasteiger partial charge in [-0.05, 0) is 42.4 Å². The number of benzene rings is 2. The first-order valence-corrected chi connectivity index (χ1v) is 12.8. The minimum Gasteiger partial charge on any atom is -0.350 e. The van der Waals surface area contributed by atoms with Crippen LogP contribution in [-0.4, -0.2) is 41.3 Å². The average Bonchev–Trinajstić information content (AvgIpc) is 3.49. The molecule has 5 atom stereocenters. The topological polar surface area (TPSA) is 43.7 Å². The van der Waals surface area contributed by atoms with Crippen LogP contribution in [-0.2, 0) is 34.3 Å². The fraction of sp³-hybridized carbons (Fsp3) is 0.483. The van der Waals surface area contributed by atoms with Gasteiger partial charge in [0.1, 0.15) is 6.29 Å². The molecule has 3 aliphatic heterocycles. The Balaban J connectivity index is 1.51. The Hall–Kier alpha value is -2.47. The van der Waals surface area contributed by atoms with Gasteiger partial charge in [-0.1, -0.05) is 55.5 Å². The number of carbonyl (C=O) groups is 1. The molecule has 3 aliphatic rings. The van der Waals surface area contributed by atoms with Gasteiger partial charge in [0.05, 0.1) is 19.3 Å². The zero-order valence-corrected chi connectivity index (χ0v) is 20.1. The summed E-state index contributed by atoms with van der Waals surface area (Å²) in [5.74, 6) is 0.446. The Labute approximate surface area is 201 Å². The Morgan fingerprint density at radius 3 is 2.53 bits per heavy atom. The zero-order valence-electron chi connectivity index (χ0n) is 20.1. The van der Waals surface area contributed by atoms with Crippen LogP contribution >= 0.6 is 0 Å². The minimum absolute atomic E-state index is 0.0258. The Kier molecular flexibility index (Phi) is 5.80. The first kappa shape index (κ1) is 22.0. The van der Waals surface area contributed by atoms with Gasteiger partial charge < -0.3 is 18.8 Å². The van der Waals surface area contributed by atoms with Crippen molar-refractivity contribution in [1.29, 1.82) is 0 Å². The van der Waals surface area contributed by atoms with Gasteiger partial charge in [-0.3, -0.25) is 4.90 Å². The van der Waals surface area contributed by atoms with Gasteiger partial charge in [0.2, 0.25) is 0 Å². The predicted octanol–water partition coefficient (Wildman–Crippen LogP) is 4.88. The third-order valence-electron chi connectivity index (χ3n) is 8.62. The number of aryl methyl sites for hydroxylation is 1. The summed E-state index contributed by atoms with van der Waals surface area (Å²) in [6.07, 6.45) is 3.72. The van der Waals surface area contributed by atoms with E-state index in [0.717, 1.165) is 25.8 Å². The monoisotopic (exact) mass is 458 g/mol. The number of para-hydroxylation sites is 1. The van der Waals surface area contributed by atoms with Gasteiger partial charge >= 0.3 is 0 Å². The molecule has 4 heterocycles. The van der Waals surface area contributed by atoms with Crippen LogP contribution in [0.5, 0.6) is 0 Å². The summed E-state index contributed by atoms with van der Waals surface area (Å²) in [5, 5.41) is 1.36. The molecule has 0 saturated carbocycles. The molecule has 1 aromatic heterocycles. The highest BCUT2D eigenvalue weighted by Crippen LogP contribution is 2.53. The minimum atomic E-state index is -0.236. The molecule has 6 rings (SSSR count). The summed E-state index contributed by atoms with van der Waals surface area (Å²) in [4.78, 5) is 14.9. The molecule has 5 heteroatoms. The fourth-order valence-electron chi connectivity index (χ4n) is 7.11. The van der Waals surface area contributed by atoms with Gasteiger partial charge in [-0.15, -0.1) is 0 Å². The van der Waals surface area contributed by atoms with Crippen molar-refractivity contribution in [3.8, 4) is 0 Å². The molecule has 3 aromatic rings. The number of ether oxygens (including phenoxy) is 2. The van der Waals surface area contributed by atoms with E-state index in [1.54, 1.807) is 0 Å². The highest BCUT2D eigenvalue weighted by Gasteiger charge is 2.53. The van der Waals surface area contributed by atoms with E-state index in [2.05, 4.69) is 78.0 Å². The summed E-state index contributed by atoms with van der Waals surface area (Å²) in [7, 11) is 2.21. The van der Waals surface area contributed by atoms with E-state index in [9.17, 15) is 4.79 Å². The quantitative estimate of drug-likeness (QED) is 0.494. The largest absolute Gasteiger partial charge is 0.350 e. The van der Waals surface area contributed by atoms with Crippen molar-refractivity contribution in [1.82, 2.24) is 9.47 Å². The van der Waals surface area contributed by atoms with E-state index in [1.165, 1.54) is 34.0 Å². The van der Waals surface area contributed by atoms with Crippen LogP contribution in [0.25, 0.3) is 10.9 Å². The lowest BCUT2D eigenvalue weighted by Gasteiger charge is -2.55. The number of fused-ring (bicyclic) bond motifs is 6. The Morgan fingerprint density at radius 2 is 1.79 bits per heavy atom. The molecule has 2 saturated heterocycles. The van der Waals surface area contributed by atoms with E-state index >= 15 is 0 Å². The summed E-state index contributed by atoms with van der Waals surface area (Å²) in [5.41, 5.74) is 5.51. The molecule has 2 aromatic carbocycles. The van der Waals surface area contributed by atoms with Crippen molar-refractivity contribution >= 4 is 17.2 Å². The second kappa shape index (κ2) is 8.95. The van der Waals surface area contributed by atoms with Crippen LogP contribution in [0, 0.1) is 17.8 Å². The van der Waals surface area contributed by atoms with Crippen molar-refractivity contribution in [2.75, 3.05) is 13.2 Å². The summed E-state index contributed by atoms with van der Waals surface area (Å²) >= 11 is 0. The first-order chi connectivity index (χ1) is 16.7. The SMILES string of the molecule is CC[C@@H](C=O)[C@@H]1C[C@H]2c3c(c4ccccc4n3C)C[C@@H]([C@H]1C1OCCO1)N2Cc1ccccc1. The number of piperidine rings is 1. The number of aldehydes is 1. The van der Waals surface area contributed by atoms with Crippen molar-refractivity contribution < 1.29 is 14.3 Å². The lowest BCUT2D eigenvalue weighted by molar-refractivity contribution is -0.165. The molecule has 0 N–H and O–H groups in total. The van der Waals surface area contributed by atoms with Gasteiger partial charge in [0.15, 0.2) is 6.29 Å². The summed E-state index contributed by atoms with van der Waals surface area (Å²) in [6, 6.07) is 20.1. The molecule has 0 spiro atoms. The second-order valence-electron chi connectivity index (χ2n) is 10.2. The van der Waals surface area contributed by atoms with Gasteiger partial charge in [0.25, 0.3) is 0 Å². The third kappa shape index (κ3) is 3.44. The predicted molar refractivity (Wildman–Crippen MR) is 132 cm³/mol. The van der Waals surface area contributed by atoms with Crippen LogP contribution in [0.15, 0.2) is 54.6 Å². The van der Waals surface area contributed by atoms with Gasteiger partial charge in [-0.2, -0.15) is 0 Å². The molecule has 178 valence electrons. The van der Waals surface area contributed by atoms with E-state index < -0.39 is 0 Å². The molecule has 0 aliphatic carbocycles. The molecule has 0 radical (unpaired) electrons. The molecule has 5 nitrogen and oxygen atoms in total. The van der Waals surface area contributed by atoms with Crippen LogP contribution in [0.1, 0.15) is 42.6 Å². The highest BCUT2D eigenvalue weighted by molar-refractivity contribution is 5.86. The van der Waals surface area contributed by atoms with Crippen LogP contribution < -0.4 is 0 Å². The molecular weight excluding hydrogens is 424 g/mol. The molecular formula is C29H34N2O3. The average molecular weight is 459 g/mol. The van der Waals surface area contributed by atoms with Crippen molar-refractivity contribution in [3.63, 3.8) is 0 Å². The molecule has 34 heavy (non-hydrogen) atoms. The summed E-state index contributed by atoms with van der Waals surface area (Å²) in [6.45, 7) is 4.31.